The van der Waals surface area contributed by atoms with Crippen molar-refractivity contribution in [2.75, 3.05) is 0 Å². The number of imidazole rings is 1. The standard InChI is InChI=1S/C25H41N2.Bi.ClH/c1-3-4-5-6-7-8-9-10-11-12-13-17-20-26-21-22-27(24(26)2)23-25-18-15-14-16-19-25;;/h14-16,18-19,21-22H,3-13,17,20,23H2,1-2H3;;1H/q+1;;/p-1. The van der Waals surface area contributed by atoms with Gasteiger partial charge in [-0.05, 0) is 18.4 Å². The van der Waals surface area contributed by atoms with Crippen LogP contribution < -0.4 is 17.0 Å². The molecule has 0 amide bonds. The van der Waals surface area contributed by atoms with Crippen LogP contribution in [-0.4, -0.2) is 30.8 Å². The Morgan fingerprint density at radius 3 is 1.83 bits per heavy atom. The Morgan fingerprint density at radius 1 is 0.759 bits per heavy atom. The van der Waals surface area contributed by atoms with Crippen LogP contribution in [0, 0.1) is 6.92 Å². The first-order valence-electron chi connectivity index (χ1n) is 11.4. The molecule has 0 aliphatic heterocycles. The Hall–Kier alpha value is -0.397. The summed E-state index contributed by atoms with van der Waals surface area (Å²) in [6, 6.07) is 10.7. The zero-order valence-electron chi connectivity index (χ0n) is 18.7. The van der Waals surface area contributed by atoms with Crippen LogP contribution in [0.1, 0.15) is 95.4 Å². The molecular formula is C25H41BiClN2. The minimum atomic E-state index is 0. The normalized spacial score (nSPS) is 10.4. The second kappa shape index (κ2) is 18.4. The number of hydrogen-bond acceptors (Lipinski definition) is 0. The average molecular weight is 614 g/mol. The van der Waals surface area contributed by atoms with Crippen molar-refractivity contribution in [3.05, 3.63) is 54.1 Å². The zero-order chi connectivity index (χ0) is 19.2. The molecular weight excluding hydrogens is 573 g/mol. The van der Waals surface area contributed by atoms with Gasteiger partial charge in [0.05, 0.1) is 6.54 Å². The molecule has 3 radical (unpaired) electrons. The number of nitrogens with zero attached hydrogens (tertiary/aromatic N) is 2. The fourth-order valence-corrected chi connectivity index (χ4v) is 3.85. The van der Waals surface area contributed by atoms with E-state index in [9.17, 15) is 0 Å². The third-order valence-corrected chi connectivity index (χ3v) is 5.71. The number of halogens is 1. The second-order valence-corrected chi connectivity index (χ2v) is 8.04. The summed E-state index contributed by atoms with van der Waals surface area (Å²) in [6.45, 7) is 6.66. The molecule has 2 rings (SSSR count). The average Bonchev–Trinajstić information content (AvgIpc) is 3.03. The van der Waals surface area contributed by atoms with Gasteiger partial charge in [0.2, 0.25) is 0 Å². The van der Waals surface area contributed by atoms with Gasteiger partial charge in [-0.15, -0.1) is 0 Å². The van der Waals surface area contributed by atoms with Crippen LogP contribution in [0.3, 0.4) is 0 Å². The Morgan fingerprint density at radius 2 is 1.28 bits per heavy atom. The molecule has 0 aliphatic carbocycles. The molecule has 1 heterocycles. The van der Waals surface area contributed by atoms with Gasteiger partial charge in [-0.1, -0.05) is 101 Å². The monoisotopic (exact) mass is 613 g/mol. The van der Waals surface area contributed by atoms with Gasteiger partial charge in [-0.25, -0.2) is 9.13 Å². The summed E-state index contributed by atoms with van der Waals surface area (Å²) < 4.78 is 4.77. The summed E-state index contributed by atoms with van der Waals surface area (Å²) in [4.78, 5) is 0. The smallest absolute Gasteiger partial charge is 0.253 e. The topological polar surface area (TPSA) is 8.81 Å². The number of aryl methyl sites for hydroxylation is 1. The molecule has 0 saturated heterocycles. The van der Waals surface area contributed by atoms with Crippen LogP contribution in [0.15, 0.2) is 42.7 Å². The molecule has 2 aromatic rings. The fraction of sp³-hybridized carbons (Fsp3) is 0.640. The summed E-state index contributed by atoms with van der Waals surface area (Å²) in [5, 5.41) is 0. The predicted octanol–water partition coefficient (Wildman–Crippen LogP) is 3.46. The molecule has 1 aromatic heterocycles. The first-order chi connectivity index (χ1) is 13.3. The van der Waals surface area contributed by atoms with Gasteiger partial charge in [0, 0.05) is 33.1 Å². The summed E-state index contributed by atoms with van der Waals surface area (Å²) in [5.74, 6) is 1.36. The number of unbranched alkanes of at least 4 members (excludes halogenated alkanes) is 11. The van der Waals surface area contributed by atoms with Crippen LogP contribution in [-0.2, 0) is 13.1 Å². The van der Waals surface area contributed by atoms with Gasteiger partial charge in [0.15, 0.2) is 0 Å². The van der Waals surface area contributed by atoms with Crippen molar-refractivity contribution in [1.82, 2.24) is 4.57 Å². The molecule has 0 bridgehead atoms. The van der Waals surface area contributed by atoms with Gasteiger partial charge >= 0.3 is 0 Å². The minimum absolute atomic E-state index is 0. The molecule has 1 aromatic carbocycles. The van der Waals surface area contributed by atoms with E-state index < -0.39 is 0 Å². The minimum Gasteiger partial charge on any atom is -1.00 e. The van der Waals surface area contributed by atoms with E-state index >= 15 is 0 Å². The molecule has 2 nitrogen and oxygen atoms in total. The molecule has 163 valence electrons. The molecule has 0 spiro atoms. The van der Waals surface area contributed by atoms with Crippen LogP contribution in [0.4, 0.5) is 0 Å². The quantitative estimate of drug-likeness (QED) is 0.165. The Bertz CT molecular complexity index is 613. The molecule has 0 atom stereocenters. The fourth-order valence-electron chi connectivity index (χ4n) is 3.85. The van der Waals surface area contributed by atoms with E-state index in [1.807, 2.05) is 0 Å². The van der Waals surface area contributed by atoms with Crippen LogP contribution >= 0.6 is 0 Å². The maximum absolute atomic E-state index is 2.42. The first kappa shape index (κ1) is 28.6. The summed E-state index contributed by atoms with van der Waals surface area (Å²) in [5.41, 5.74) is 1.37. The van der Waals surface area contributed by atoms with Crippen molar-refractivity contribution in [2.24, 2.45) is 0 Å². The second-order valence-electron chi connectivity index (χ2n) is 8.04. The van der Waals surface area contributed by atoms with Crippen LogP contribution in [0.2, 0.25) is 0 Å². The Balaban J connectivity index is 0.00000392. The van der Waals surface area contributed by atoms with E-state index in [1.54, 1.807) is 0 Å². The van der Waals surface area contributed by atoms with Crippen molar-refractivity contribution in [3.8, 4) is 0 Å². The van der Waals surface area contributed by atoms with E-state index in [0.29, 0.717) is 0 Å². The van der Waals surface area contributed by atoms with Crippen LogP contribution in [0.5, 0.6) is 0 Å². The Labute approximate surface area is 205 Å². The van der Waals surface area contributed by atoms with Gasteiger partial charge < -0.3 is 12.4 Å². The van der Waals surface area contributed by atoms with E-state index in [4.69, 9.17) is 0 Å². The maximum atomic E-state index is 2.42. The third kappa shape index (κ3) is 12.1. The van der Waals surface area contributed by atoms with Crippen molar-refractivity contribution >= 4 is 26.2 Å². The van der Waals surface area contributed by atoms with E-state index in [2.05, 4.69) is 65.7 Å². The molecule has 0 saturated carbocycles. The van der Waals surface area contributed by atoms with E-state index in [0.717, 1.165) is 13.1 Å². The third-order valence-electron chi connectivity index (χ3n) is 5.71. The van der Waals surface area contributed by atoms with E-state index in [-0.39, 0.29) is 38.6 Å². The molecule has 0 unspecified atom stereocenters. The maximum Gasteiger partial charge on any atom is 0.253 e. The van der Waals surface area contributed by atoms with Crippen molar-refractivity contribution in [1.29, 1.82) is 0 Å². The molecule has 4 heteroatoms. The number of benzene rings is 1. The van der Waals surface area contributed by atoms with E-state index in [1.165, 1.54) is 88.4 Å². The van der Waals surface area contributed by atoms with Gasteiger partial charge in [-0.3, -0.25) is 0 Å². The number of hydrogen-bond donors (Lipinski definition) is 0. The largest absolute Gasteiger partial charge is 1.00 e. The summed E-state index contributed by atoms with van der Waals surface area (Å²) in [7, 11) is 0. The molecule has 0 N–H and O–H groups in total. The van der Waals surface area contributed by atoms with Crippen LogP contribution in [0.25, 0.3) is 0 Å². The zero-order valence-corrected chi connectivity index (χ0v) is 22.9. The first-order valence-corrected chi connectivity index (χ1v) is 11.4. The summed E-state index contributed by atoms with van der Waals surface area (Å²) in [6.07, 6.45) is 21.4. The van der Waals surface area contributed by atoms with Gasteiger partial charge in [-0.2, -0.15) is 0 Å². The number of rotatable bonds is 15. The summed E-state index contributed by atoms with van der Waals surface area (Å²) >= 11 is 0. The van der Waals surface area contributed by atoms with Gasteiger partial charge in [0.25, 0.3) is 5.82 Å². The van der Waals surface area contributed by atoms with Gasteiger partial charge in [0.1, 0.15) is 18.9 Å². The molecule has 29 heavy (non-hydrogen) atoms. The predicted molar refractivity (Wildman–Crippen MR) is 122 cm³/mol. The number of aromatic nitrogens is 2. The van der Waals surface area contributed by atoms with Crippen molar-refractivity contribution < 1.29 is 17.0 Å². The van der Waals surface area contributed by atoms with Crippen molar-refractivity contribution in [2.45, 2.75) is 104 Å². The Kier molecular flexibility index (Phi) is 18.1. The van der Waals surface area contributed by atoms with Crippen molar-refractivity contribution in [3.63, 3.8) is 0 Å². The SMILES string of the molecule is CCCCCCCCCCCCCCn1cc[n+](Cc2ccccc2)c1C.[Bi].[Cl-]. The molecule has 0 fully saturated rings. The molecule has 0 aliphatic rings.